The molecule has 0 aliphatic carbocycles. The summed E-state index contributed by atoms with van der Waals surface area (Å²) in [4.78, 5) is 46.6. The summed E-state index contributed by atoms with van der Waals surface area (Å²) in [5, 5.41) is 0. The highest BCUT2D eigenvalue weighted by Gasteiger charge is 2.21. The molecular formula is C24H17FO8. The van der Waals surface area contributed by atoms with E-state index in [4.69, 9.17) is 18.9 Å². The topological polar surface area (TPSA) is 105 Å². The molecule has 0 atom stereocenters. The molecule has 2 rings (SSSR count). The third-order valence-electron chi connectivity index (χ3n) is 3.78. The molecule has 0 heterocycles. The van der Waals surface area contributed by atoms with Crippen molar-refractivity contribution >= 4 is 23.9 Å². The van der Waals surface area contributed by atoms with Crippen molar-refractivity contribution < 1.29 is 42.5 Å². The Bertz CT molecular complexity index is 1180. The van der Waals surface area contributed by atoms with E-state index < -0.39 is 29.7 Å². The number of esters is 4. The first-order chi connectivity index (χ1) is 15.7. The second-order valence-corrected chi connectivity index (χ2v) is 5.94. The van der Waals surface area contributed by atoms with Crippen LogP contribution >= 0.6 is 0 Å². The van der Waals surface area contributed by atoms with E-state index in [0.29, 0.717) is 0 Å². The van der Waals surface area contributed by atoms with Crippen molar-refractivity contribution in [3.63, 3.8) is 0 Å². The maximum Gasteiger partial charge on any atom is 0.335 e. The number of halogens is 1. The van der Waals surface area contributed by atoms with E-state index in [0.717, 1.165) is 36.4 Å². The van der Waals surface area contributed by atoms with Gasteiger partial charge in [0.1, 0.15) is 17.3 Å². The molecule has 0 aliphatic rings. The van der Waals surface area contributed by atoms with Gasteiger partial charge in [-0.2, -0.15) is 0 Å². The number of carbonyl (C=O) groups is 4. The number of rotatable bonds is 9. The van der Waals surface area contributed by atoms with Gasteiger partial charge in [0.05, 0.1) is 5.56 Å². The van der Waals surface area contributed by atoms with Crippen LogP contribution in [0.1, 0.15) is 0 Å². The zero-order chi connectivity index (χ0) is 24.5. The van der Waals surface area contributed by atoms with Crippen LogP contribution in [0, 0.1) is 5.82 Å². The van der Waals surface area contributed by atoms with Crippen LogP contribution < -0.4 is 18.9 Å². The summed E-state index contributed by atoms with van der Waals surface area (Å²) >= 11 is 0. The minimum Gasteiger partial charge on any atom is -0.423 e. The summed E-state index contributed by atoms with van der Waals surface area (Å²) < 4.78 is 35.2. The Morgan fingerprint density at radius 2 is 1.12 bits per heavy atom. The molecule has 8 nitrogen and oxygen atoms in total. The van der Waals surface area contributed by atoms with Crippen molar-refractivity contribution in [1.82, 2.24) is 0 Å². The summed E-state index contributed by atoms with van der Waals surface area (Å²) in [5.74, 6) is -5.46. The van der Waals surface area contributed by atoms with Gasteiger partial charge >= 0.3 is 23.9 Å². The fourth-order valence-electron chi connectivity index (χ4n) is 2.41. The highest BCUT2D eigenvalue weighted by atomic mass is 19.1. The normalized spacial score (nSPS) is 9.73. The monoisotopic (exact) mass is 452 g/mol. The Kier molecular flexibility index (Phi) is 8.16. The van der Waals surface area contributed by atoms with Crippen LogP contribution in [0.4, 0.5) is 4.39 Å². The van der Waals surface area contributed by atoms with Gasteiger partial charge in [-0.25, -0.2) is 23.6 Å². The maximum absolute atomic E-state index is 15.1. The SMILES string of the molecule is C=CC(=O)Oc1cc(F)c(-c2ccc(OC(=O)C=C)c(OC(=O)C=C)c2)c(OC(=O)C=C)c1. The van der Waals surface area contributed by atoms with Gasteiger partial charge in [0.2, 0.25) is 0 Å². The molecule has 0 bridgehead atoms. The Morgan fingerprint density at radius 1 is 0.636 bits per heavy atom. The number of benzene rings is 2. The lowest BCUT2D eigenvalue weighted by molar-refractivity contribution is -0.131. The molecule has 9 heteroatoms. The van der Waals surface area contributed by atoms with E-state index in [-0.39, 0.29) is 34.1 Å². The molecule has 0 saturated heterocycles. The van der Waals surface area contributed by atoms with Crippen molar-refractivity contribution in [2.45, 2.75) is 0 Å². The lowest BCUT2D eigenvalue weighted by Gasteiger charge is -2.15. The van der Waals surface area contributed by atoms with Gasteiger partial charge in [-0.3, -0.25) is 0 Å². The zero-order valence-corrected chi connectivity index (χ0v) is 17.2. The van der Waals surface area contributed by atoms with Crippen LogP contribution in [-0.2, 0) is 19.2 Å². The van der Waals surface area contributed by atoms with E-state index >= 15 is 4.39 Å². The third-order valence-corrected chi connectivity index (χ3v) is 3.78. The molecule has 0 aromatic heterocycles. The van der Waals surface area contributed by atoms with Crippen LogP contribution in [0.5, 0.6) is 23.0 Å². The Labute approximate surface area is 187 Å². The quantitative estimate of drug-likeness (QED) is 0.321. The molecule has 0 saturated carbocycles. The van der Waals surface area contributed by atoms with E-state index in [9.17, 15) is 19.2 Å². The lowest BCUT2D eigenvalue weighted by Crippen LogP contribution is -2.09. The molecule has 0 N–H and O–H groups in total. The highest BCUT2D eigenvalue weighted by molar-refractivity contribution is 5.89. The minimum atomic E-state index is -0.951. The molecule has 0 unspecified atom stereocenters. The standard InChI is InChI=1S/C24H17FO8/c1-5-20(26)30-15-12-16(25)24(19(13-15)33-23(29)8-4)14-9-10-17(31-21(27)6-2)18(11-14)32-22(28)7-3/h5-13H,1-4H2. The molecule has 2 aromatic rings. The van der Waals surface area contributed by atoms with Gasteiger partial charge < -0.3 is 18.9 Å². The van der Waals surface area contributed by atoms with Crippen LogP contribution in [0.25, 0.3) is 11.1 Å². The first-order valence-electron chi connectivity index (χ1n) is 9.07. The number of ether oxygens (including phenoxy) is 4. The summed E-state index contributed by atoms with van der Waals surface area (Å²) in [6.45, 7) is 13.1. The summed E-state index contributed by atoms with van der Waals surface area (Å²) in [7, 11) is 0. The first kappa shape index (κ1) is 24.5. The molecule has 33 heavy (non-hydrogen) atoms. The fourth-order valence-corrected chi connectivity index (χ4v) is 2.41. The molecule has 0 fully saturated rings. The fraction of sp³-hybridized carbons (Fsp3) is 0. The van der Waals surface area contributed by atoms with Gasteiger partial charge in [0, 0.05) is 36.4 Å². The number of hydrogen-bond acceptors (Lipinski definition) is 8. The van der Waals surface area contributed by atoms with Gasteiger partial charge in [-0.1, -0.05) is 32.4 Å². The Hall–Kier alpha value is -4.79. The Morgan fingerprint density at radius 3 is 1.67 bits per heavy atom. The molecule has 168 valence electrons. The van der Waals surface area contributed by atoms with Crippen molar-refractivity contribution in [2.24, 2.45) is 0 Å². The molecule has 0 spiro atoms. The largest absolute Gasteiger partial charge is 0.423 e. The van der Waals surface area contributed by atoms with Crippen LogP contribution in [0.3, 0.4) is 0 Å². The molecular weight excluding hydrogens is 435 g/mol. The molecule has 0 radical (unpaired) electrons. The van der Waals surface area contributed by atoms with Crippen molar-refractivity contribution in [3.05, 3.63) is 86.8 Å². The summed E-state index contributed by atoms with van der Waals surface area (Å²) in [6, 6.07) is 5.69. The van der Waals surface area contributed by atoms with Crippen molar-refractivity contribution in [1.29, 1.82) is 0 Å². The van der Waals surface area contributed by atoms with Crippen molar-refractivity contribution in [2.75, 3.05) is 0 Å². The average molecular weight is 452 g/mol. The van der Waals surface area contributed by atoms with Crippen LogP contribution in [0.2, 0.25) is 0 Å². The second kappa shape index (κ2) is 11.0. The summed E-state index contributed by atoms with van der Waals surface area (Å²) in [5.41, 5.74) is -0.188. The van der Waals surface area contributed by atoms with Gasteiger partial charge in [-0.05, 0) is 17.7 Å². The van der Waals surface area contributed by atoms with E-state index in [2.05, 4.69) is 26.3 Å². The molecule has 0 aliphatic heterocycles. The average Bonchev–Trinajstić information content (AvgIpc) is 2.79. The van der Waals surface area contributed by atoms with Gasteiger partial charge in [0.25, 0.3) is 0 Å². The van der Waals surface area contributed by atoms with Gasteiger partial charge in [0.15, 0.2) is 11.5 Å². The van der Waals surface area contributed by atoms with E-state index in [1.165, 1.54) is 18.2 Å². The lowest BCUT2D eigenvalue weighted by atomic mass is 10.0. The number of carbonyl (C=O) groups excluding carboxylic acids is 4. The van der Waals surface area contributed by atoms with Gasteiger partial charge in [-0.15, -0.1) is 0 Å². The number of hydrogen-bond donors (Lipinski definition) is 0. The van der Waals surface area contributed by atoms with Crippen LogP contribution in [-0.4, -0.2) is 23.9 Å². The minimum absolute atomic E-state index is 0.0613. The van der Waals surface area contributed by atoms with E-state index in [1.807, 2.05) is 0 Å². The Balaban J connectivity index is 2.67. The zero-order valence-electron chi connectivity index (χ0n) is 17.2. The predicted octanol–water partition coefficient (Wildman–Crippen LogP) is 3.86. The maximum atomic E-state index is 15.1. The highest BCUT2D eigenvalue weighted by Crippen LogP contribution is 2.40. The third kappa shape index (κ3) is 6.34. The van der Waals surface area contributed by atoms with E-state index in [1.54, 1.807) is 0 Å². The second-order valence-electron chi connectivity index (χ2n) is 5.94. The van der Waals surface area contributed by atoms with Crippen LogP contribution in [0.15, 0.2) is 81.0 Å². The van der Waals surface area contributed by atoms with Crippen molar-refractivity contribution in [3.8, 4) is 34.1 Å². The smallest absolute Gasteiger partial charge is 0.335 e. The predicted molar refractivity (Wildman–Crippen MR) is 115 cm³/mol. The molecule has 0 amide bonds. The molecule has 2 aromatic carbocycles. The summed E-state index contributed by atoms with van der Waals surface area (Å²) in [6.07, 6.45) is 3.47. The first-order valence-corrected chi connectivity index (χ1v) is 9.07.